The Morgan fingerprint density at radius 1 is 1.04 bits per heavy atom. The molecular weight excluding hydrogens is 322 g/mol. The van der Waals surface area contributed by atoms with Crippen molar-refractivity contribution in [2.75, 3.05) is 0 Å². The Kier molecular flexibility index (Phi) is 6.00. The van der Waals surface area contributed by atoms with Gasteiger partial charge >= 0.3 is 0 Å². The molecule has 134 valence electrons. The van der Waals surface area contributed by atoms with Gasteiger partial charge in [0, 0.05) is 12.8 Å². The Bertz CT molecular complexity index is 807. The molecule has 0 radical (unpaired) electrons. The molecule has 0 bridgehead atoms. The SMILES string of the molecule is CCCC(O)=C1C(=O)C[C@@H](c2ccccc2)CC1=NCc1ccccc1. The van der Waals surface area contributed by atoms with Crippen LogP contribution in [0.2, 0.25) is 0 Å². The van der Waals surface area contributed by atoms with Crippen LogP contribution in [0.3, 0.4) is 0 Å². The summed E-state index contributed by atoms with van der Waals surface area (Å²) in [6, 6.07) is 20.1. The highest BCUT2D eigenvalue weighted by Gasteiger charge is 2.32. The monoisotopic (exact) mass is 347 g/mol. The number of rotatable bonds is 5. The number of benzene rings is 2. The highest BCUT2D eigenvalue weighted by atomic mass is 16.3. The predicted octanol–water partition coefficient (Wildman–Crippen LogP) is 5.39. The highest BCUT2D eigenvalue weighted by Crippen LogP contribution is 2.33. The van der Waals surface area contributed by atoms with E-state index >= 15 is 0 Å². The van der Waals surface area contributed by atoms with Crippen molar-refractivity contribution in [3.8, 4) is 0 Å². The van der Waals surface area contributed by atoms with Crippen molar-refractivity contribution in [3.05, 3.63) is 83.1 Å². The molecule has 0 aliphatic heterocycles. The topological polar surface area (TPSA) is 49.7 Å². The molecule has 3 heteroatoms. The first kappa shape index (κ1) is 18.1. The second-order valence-electron chi connectivity index (χ2n) is 6.76. The molecule has 2 aromatic carbocycles. The van der Waals surface area contributed by atoms with Crippen LogP contribution < -0.4 is 0 Å². The Balaban J connectivity index is 1.92. The quantitative estimate of drug-likeness (QED) is 0.582. The van der Waals surface area contributed by atoms with Gasteiger partial charge < -0.3 is 5.11 Å². The summed E-state index contributed by atoms with van der Waals surface area (Å²) in [6.07, 6.45) is 2.43. The molecule has 1 saturated carbocycles. The number of Topliss-reactive ketones (excluding diaryl/α,β-unsaturated/α-hetero) is 1. The molecule has 0 saturated heterocycles. The van der Waals surface area contributed by atoms with Gasteiger partial charge in [0.25, 0.3) is 0 Å². The largest absolute Gasteiger partial charge is 0.511 e. The maximum absolute atomic E-state index is 12.8. The van der Waals surface area contributed by atoms with Gasteiger partial charge in [-0.3, -0.25) is 9.79 Å². The normalized spacial score (nSPS) is 21.0. The number of ketones is 1. The van der Waals surface area contributed by atoms with Gasteiger partial charge in [-0.15, -0.1) is 0 Å². The summed E-state index contributed by atoms with van der Waals surface area (Å²) in [4.78, 5) is 17.6. The van der Waals surface area contributed by atoms with E-state index in [0.29, 0.717) is 31.4 Å². The maximum atomic E-state index is 12.8. The third kappa shape index (κ3) is 4.29. The van der Waals surface area contributed by atoms with Gasteiger partial charge in [0.15, 0.2) is 5.78 Å². The second kappa shape index (κ2) is 8.61. The Hall–Kier alpha value is -2.68. The third-order valence-electron chi connectivity index (χ3n) is 4.78. The summed E-state index contributed by atoms with van der Waals surface area (Å²) in [5, 5.41) is 10.4. The molecule has 0 amide bonds. The first-order chi connectivity index (χ1) is 12.7. The van der Waals surface area contributed by atoms with E-state index in [1.165, 1.54) is 0 Å². The average Bonchev–Trinajstić information content (AvgIpc) is 2.67. The van der Waals surface area contributed by atoms with Gasteiger partial charge in [-0.05, 0) is 29.9 Å². The lowest BCUT2D eigenvalue weighted by Crippen LogP contribution is -2.26. The fraction of sp³-hybridized carbons (Fsp3) is 0.304. The highest BCUT2D eigenvalue weighted by molar-refractivity contribution is 6.24. The standard InChI is InChI=1S/C23H25NO2/c1-2-9-21(25)23-20(24-16-17-10-5-3-6-11-17)14-19(15-22(23)26)18-12-7-4-8-13-18/h3-8,10-13,19,25H,2,9,14-16H2,1H3/t19-/m0/s1. The van der Waals surface area contributed by atoms with Crippen LogP contribution in [0.25, 0.3) is 0 Å². The van der Waals surface area contributed by atoms with E-state index in [-0.39, 0.29) is 17.5 Å². The van der Waals surface area contributed by atoms with Crippen LogP contribution in [0.4, 0.5) is 0 Å². The van der Waals surface area contributed by atoms with Crippen LogP contribution in [-0.2, 0) is 11.3 Å². The van der Waals surface area contributed by atoms with Crippen LogP contribution in [0.1, 0.15) is 49.7 Å². The predicted molar refractivity (Wildman–Crippen MR) is 106 cm³/mol. The molecule has 1 N–H and O–H groups in total. The first-order valence-corrected chi connectivity index (χ1v) is 9.27. The maximum Gasteiger partial charge on any atom is 0.168 e. The summed E-state index contributed by atoms with van der Waals surface area (Å²) < 4.78 is 0. The molecule has 0 spiro atoms. The number of aliphatic hydroxyl groups excluding tert-OH is 1. The van der Waals surface area contributed by atoms with Crippen molar-refractivity contribution in [2.45, 2.75) is 45.1 Å². The van der Waals surface area contributed by atoms with Gasteiger partial charge in [0.05, 0.1) is 17.8 Å². The van der Waals surface area contributed by atoms with E-state index in [2.05, 4.69) is 12.1 Å². The lowest BCUT2D eigenvalue weighted by Gasteiger charge is -2.26. The van der Waals surface area contributed by atoms with Gasteiger partial charge in [-0.1, -0.05) is 67.6 Å². The van der Waals surface area contributed by atoms with Gasteiger partial charge in [-0.25, -0.2) is 0 Å². The fourth-order valence-electron chi connectivity index (χ4n) is 3.46. The van der Waals surface area contributed by atoms with Crippen molar-refractivity contribution in [2.24, 2.45) is 4.99 Å². The van der Waals surface area contributed by atoms with Crippen LogP contribution in [0.15, 0.2) is 77.0 Å². The van der Waals surface area contributed by atoms with Crippen LogP contribution in [-0.4, -0.2) is 16.6 Å². The summed E-state index contributed by atoms with van der Waals surface area (Å²) >= 11 is 0. The molecule has 0 unspecified atom stereocenters. The lowest BCUT2D eigenvalue weighted by atomic mass is 9.78. The van der Waals surface area contributed by atoms with Crippen molar-refractivity contribution in [3.63, 3.8) is 0 Å². The molecule has 2 aromatic rings. The smallest absolute Gasteiger partial charge is 0.168 e. The zero-order valence-electron chi connectivity index (χ0n) is 15.2. The van der Waals surface area contributed by atoms with E-state index in [1.807, 2.05) is 55.5 Å². The molecular formula is C23H25NO2. The molecule has 1 aliphatic rings. The van der Waals surface area contributed by atoms with Gasteiger partial charge in [-0.2, -0.15) is 0 Å². The summed E-state index contributed by atoms with van der Waals surface area (Å²) in [5.74, 6) is 0.315. The number of carbonyl (C=O) groups is 1. The molecule has 0 heterocycles. The fourth-order valence-corrected chi connectivity index (χ4v) is 3.46. The van der Waals surface area contributed by atoms with E-state index in [0.717, 1.165) is 23.3 Å². The number of hydrogen-bond acceptors (Lipinski definition) is 3. The lowest BCUT2D eigenvalue weighted by molar-refractivity contribution is -0.116. The van der Waals surface area contributed by atoms with E-state index < -0.39 is 0 Å². The minimum Gasteiger partial charge on any atom is -0.511 e. The van der Waals surface area contributed by atoms with Crippen LogP contribution >= 0.6 is 0 Å². The van der Waals surface area contributed by atoms with E-state index in [9.17, 15) is 9.90 Å². The first-order valence-electron chi connectivity index (χ1n) is 9.27. The minimum absolute atomic E-state index is 0.00265. The molecule has 1 atom stereocenters. The number of aliphatic imine (C=N–C) groups is 1. The molecule has 1 aliphatic carbocycles. The number of nitrogens with zero attached hydrogens (tertiary/aromatic N) is 1. The molecule has 3 rings (SSSR count). The van der Waals surface area contributed by atoms with E-state index in [4.69, 9.17) is 4.99 Å². The minimum atomic E-state index is 0.00265. The Morgan fingerprint density at radius 2 is 1.69 bits per heavy atom. The zero-order valence-corrected chi connectivity index (χ0v) is 15.2. The second-order valence-corrected chi connectivity index (χ2v) is 6.76. The van der Waals surface area contributed by atoms with E-state index in [1.54, 1.807) is 0 Å². The number of hydrogen-bond donors (Lipinski definition) is 1. The zero-order chi connectivity index (χ0) is 18.4. The van der Waals surface area contributed by atoms with Crippen molar-refractivity contribution < 1.29 is 9.90 Å². The van der Waals surface area contributed by atoms with Gasteiger partial charge in [0.1, 0.15) is 5.76 Å². The molecule has 0 aromatic heterocycles. The Morgan fingerprint density at radius 3 is 2.35 bits per heavy atom. The van der Waals surface area contributed by atoms with Gasteiger partial charge in [0.2, 0.25) is 0 Å². The Labute approximate surface area is 155 Å². The summed E-state index contributed by atoms with van der Waals surface area (Å²) in [7, 11) is 0. The average molecular weight is 347 g/mol. The third-order valence-corrected chi connectivity index (χ3v) is 4.78. The van der Waals surface area contributed by atoms with Crippen LogP contribution in [0.5, 0.6) is 0 Å². The number of aliphatic hydroxyl groups is 1. The van der Waals surface area contributed by atoms with Crippen molar-refractivity contribution in [1.82, 2.24) is 0 Å². The number of carbonyl (C=O) groups excluding carboxylic acids is 1. The molecule has 26 heavy (non-hydrogen) atoms. The summed E-state index contributed by atoms with van der Waals surface area (Å²) in [6.45, 7) is 2.52. The van der Waals surface area contributed by atoms with Crippen LogP contribution in [0, 0.1) is 0 Å². The molecule has 1 fully saturated rings. The molecule has 3 nitrogen and oxygen atoms in total. The van der Waals surface area contributed by atoms with Crippen molar-refractivity contribution >= 4 is 11.5 Å². The number of allylic oxidation sites excluding steroid dienone is 2. The van der Waals surface area contributed by atoms with Crippen molar-refractivity contribution in [1.29, 1.82) is 0 Å². The summed E-state index contributed by atoms with van der Waals surface area (Å²) in [5.41, 5.74) is 3.45.